The highest BCUT2D eigenvalue weighted by Crippen LogP contribution is 2.13. The minimum Gasteiger partial charge on any atom is -0.408 e. The Bertz CT molecular complexity index is 859. The Morgan fingerprint density at radius 2 is 2.26 bits per heavy atom. The third-order valence-corrected chi connectivity index (χ3v) is 3.88. The lowest BCUT2D eigenvalue weighted by atomic mass is 10.3. The average molecular weight is 315 g/mol. The van der Waals surface area contributed by atoms with E-state index in [1.165, 1.54) is 0 Å². The van der Waals surface area contributed by atoms with E-state index in [2.05, 4.69) is 15.6 Å². The molecule has 8 heteroatoms. The maximum atomic E-state index is 12.0. The van der Waals surface area contributed by atoms with Gasteiger partial charge in [0.15, 0.2) is 5.58 Å². The number of fused-ring (bicyclic) bond motifs is 1. The molecule has 0 aliphatic carbocycles. The van der Waals surface area contributed by atoms with Gasteiger partial charge in [0.2, 0.25) is 0 Å². The van der Waals surface area contributed by atoms with Gasteiger partial charge in [0, 0.05) is 13.1 Å². The van der Waals surface area contributed by atoms with Crippen LogP contribution in [0.25, 0.3) is 11.1 Å². The zero-order valence-corrected chi connectivity index (χ0v) is 12.5. The Morgan fingerprint density at radius 3 is 3.13 bits per heavy atom. The third kappa shape index (κ3) is 2.90. The molecule has 3 heterocycles. The van der Waals surface area contributed by atoms with Crippen LogP contribution in [-0.4, -0.2) is 45.4 Å². The van der Waals surface area contributed by atoms with Gasteiger partial charge in [0.25, 0.3) is 0 Å². The zero-order chi connectivity index (χ0) is 15.6. The summed E-state index contributed by atoms with van der Waals surface area (Å²) >= 11 is 0. The summed E-state index contributed by atoms with van der Waals surface area (Å²) in [7, 11) is 0. The molecule has 1 atom stereocenters. The fraction of sp³-hybridized carbons (Fsp3) is 0.400. The van der Waals surface area contributed by atoms with Gasteiger partial charge in [-0.15, -0.1) is 5.10 Å². The van der Waals surface area contributed by atoms with Crippen LogP contribution in [0.2, 0.25) is 0 Å². The second kappa shape index (κ2) is 5.98. The Morgan fingerprint density at radius 1 is 1.35 bits per heavy atom. The standard InChI is InChI=1S/C15H17N5O3/c21-15-20(13-3-1-2-4-14(13)23-15)9-11-8-19(18-17-11)10-12-7-16-5-6-22-12/h1-4,8,12,16H,5-7,9-10H2/t12-/m0/s1. The summed E-state index contributed by atoms with van der Waals surface area (Å²) in [6, 6.07) is 7.34. The zero-order valence-electron chi connectivity index (χ0n) is 12.5. The molecule has 1 aliphatic rings. The summed E-state index contributed by atoms with van der Waals surface area (Å²) in [4.78, 5) is 12.0. The van der Waals surface area contributed by atoms with E-state index in [9.17, 15) is 4.79 Å². The number of benzene rings is 1. The minimum absolute atomic E-state index is 0.0933. The number of nitrogens with one attached hydrogen (secondary N) is 1. The van der Waals surface area contributed by atoms with Crippen LogP contribution in [0.15, 0.2) is 39.7 Å². The summed E-state index contributed by atoms with van der Waals surface area (Å²) in [5.41, 5.74) is 2.04. The summed E-state index contributed by atoms with van der Waals surface area (Å²) in [6.45, 7) is 3.37. The first-order valence-electron chi connectivity index (χ1n) is 7.59. The molecule has 0 saturated carbocycles. The van der Waals surface area contributed by atoms with Crippen molar-refractivity contribution in [3.8, 4) is 0 Å². The maximum absolute atomic E-state index is 12.0. The average Bonchev–Trinajstić information content (AvgIpc) is 3.14. The molecule has 0 unspecified atom stereocenters. The van der Waals surface area contributed by atoms with Gasteiger partial charge >= 0.3 is 5.76 Å². The van der Waals surface area contributed by atoms with Crippen LogP contribution in [0.1, 0.15) is 5.69 Å². The van der Waals surface area contributed by atoms with Gasteiger partial charge in [-0.3, -0.25) is 4.57 Å². The minimum atomic E-state index is -0.388. The second-order valence-corrected chi connectivity index (χ2v) is 5.55. The highest BCUT2D eigenvalue weighted by atomic mass is 16.5. The van der Waals surface area contributed by atoms with Crippen LogP contribution in [0.3, 0.4) is 0 Å². The van der Waals surface area contributed by atoms with Crippen LogP contribution in [0, 0.1) is 0 Å². The van der Waals surface area contributed by atoms with E-state index >= 15 is 0 Å². The number of ether oxygens (including phenoxy) is 1. The molecule has 3 aromatic rings. The van der Waals surface area contributed by atoms with Crippen molar-refractivity contribution in [3.63, 3.8) is 0 Å². The molecule has 1 saturated heterocycles. The van der Waals surface area contributed by atoms with Crippen molar-refractivity contribution in [3.05, 3.63) is 46.7 Å². The van der Waals surface area contributed by atoms with Gasteiger partial charge in [-0.25, -0.2) is 9.48 Å². The number of hydrogen-bond donors (Lipinski definition) is 1. The molecule has 4 rings (SSSR count). The van der Waals surface area contributed by atoms with Gasteiger partial charge in [-0.1, -0.05) is 17.3 Å². The smallest absolute Gasteiger partial charge is 0.408 e. The van der Waals surface area contributed by atoms with E-state index in [1.807, 2.05) is 24.4 Å². The molecule has 120 valence electrons. The monoisotopic (exact) mass is 315 g/mol. The number of nitrogens with zero attached hydrogens (tertiary/aromatic N) is 4. The predicted octanol–water partition coefficient (Wildman–Crippen LogP) is 0.223. The molecule has 0 spiro atoms. The van der Waals surface area contributed by atoms with E-state index in [0.29, 0.717) is 31.0 Å². The van der Waals surface area contributed by atoms with Crippen molar-refractivity contribution >= 4 is 11.1 Å². The van der Waals surface area contributed by atoms with Crippen molar-refractivity contribution in [1.82, 2.24) is 24.9 Å². The topological polar surface area (TPSA) is 87.1 Å². The molecule has 0 amide bonds. The van der Waals surface area contributed by atoms with E-state index < -0.39 is 0 Å². The van der Waals surface area contributed by atoms with Gasteiger partial charge in [-0.05, 0) is 12.1 Å². The van der Waals surface area contributed by atoms with Gasteiger partial charge in [0.05, 0.1) is 37.5 Å². The molecular formula is C15H17N5O3. The van der Waals surface area contributed by atoms with Crippen molar-refractivity contribution in [2.45, 2.75) is 19.2 Å². The summed E-state index contributed by atoms with van der Waals surface area (Å²) < 4.78 is 14.2. The summed E-state index contributed by atoms with van der Waals surface area (Å²) in [6.07, 6.45) is 1.93. The van der Waals surface area contributed by atoms with E-state index in [0.717, 1.165) is 18.6 Å². The van der Waals surface area contributed by atoms with E-state index in [-0.39, 0.29) is 11.9 Å². The molecule has 2 aromatic heterocycles. The van der Waals surface area contributed by atoms with E-state index in [1.54, 1.807) is 15.3 Å². The quantitative estimate of drug-likeness (QED) is 0.741. The maximum Gasteiger partial charge on any atom is 0.420 e. The molecule has 1 aliphatic heterocycles. The Hall–Kier alpha value is -2.45. The van der Waals surface area contributed by atoms with Crippen molar-refractivity contribution < 1.29 is 9.15 Å². The first-order chi connectivity index (χ1) is 11.3. The lowest BCUT2D eigenvalue weighted by Gasteiger charge is -2.23. The predicted molar refractivity (Wildman–Crippen MR) is 82.2 cm³/mol. The highest BCUT2D eigenvalue weighted by molar-refractivity contribution is 5.72. The third-order valence-electron chi connectivity index (χ3n) is 3.88. The molecule has 1 aromatic carbocycles. The van der Waals surface area contributed by atoms with Crippen molar-refractivity contribution in [2.24, 2.45) is 0 Å². The molecule has 8 nitrogen and oxygen atoms in total. The van der Waals surface area contributed by atoms with Gasteiger partial charge in [0.1, 0.15) is 5.69 Å². The molecule has 0 radical (unpaired) electrons. The van der Waals surface area contributed by atoms with Crippen LogP contribution < -0.4 is 11.1 Å². The fourth-order valence-electron chi connectivity index (χ4n) is 2.77. The lowest BCUT2D eigenvalue weighted by molar-refractivity contribution is 0.0158. The largest absolute Gasteiger partial charge is 0.420 e. The van der Waals surface area contributed by atoms with Crippen molar-refractivity contribution in [1.29, 1.82) is 0 Å². The molecule has 1 fully saturated rings. The number of oxazole rings is 1. The van der Waals surface area contributed by atoms with Gasteiger partial charge in [-0.2, -0.15) is 0 Å². The number of para-hydroxylation sites is 2. The summed E-state index contributed by atoms with van der Waals surface area (Å²) in [5.74, 6) is -0.388. The van der Waals surface area contributed by atoms with Gasteiger partial charge < -0.3 is 14.5 Å². The lowest BCUT2D eigenvalue weighted by Crippen LogP contribution is -2.40. The first kappa shape index (κ1) is 14.2. The normalized spacial score (nSPS) is 18.5. The highest BCUT2D eigenvalue weighted by Gasteiger charge is 2.16. The SMILES string of the molecule is O=c1oc2ccccc2n1Cc1cn(C[C@@H]2CNCCO2)nn1. The summed E-state index contributed by atoms with van der Waals surface area (Å²) in [5, 5.41) is 11.5. The van der Waals surface area contributed by atoms with E-state index in [4.69, 9.17) is 9.15 Å². The Labute approximate surface area is 131 Å². The first-order valence-corrected chi connectivity index (χ1v) is 7.59. The van der Waals surface area contributed by atoms with Crippen molar-refractivity contribution in [2.75, 3.05) is 19.7 Å². The van der Waals surface area contributed by atoms with Crippen LogP contribution in [0.4, 0.5) is 0 Å². The molecule has 0 bridgehead atoms. The van der Waals surface area contributed by atoms with Crippen LogP contribution in [-0.2, 0) is 17.8 Å². The number of morpholine rings is 1. The van der Waals surface area contributed by atoms with Crippen LogP contribution >= 0.6 is 0 Å². The second-order valence-electron chi connectivity index (χ2n) is 5.55. The number of rotatable bonds is 4. The van der Waals surface area contributed by atoms with Crippen LogP contribution in [0.5, 0.6) is 0 Å². The number of hydrogen-bond acceptors (Lipinski definition) is 6. The molecular weight excluding hydrogens is 298 g/mol. The molecule has 23 heavy (non-hydrogen) atoms. The number of aromatic nitrogens is 4. The Balaban J connectivity index is 1.52. The Kier molecular flexibility index (Phi) is 3.68. The molecule has 1 N–H and O–H groups in total. The fourth-order valence-corrected chi connectivity index (χ4v) is 2.77.